The summed E-state index contributed by atoms with van der Waals surface area (Å²) in [6.45, 7) is 0.354. The second-order valence-electron chi connectivity index (χ2n) is 8.81. The second-order valence-corrected chi connectivity index (χ2v) is 9.93. The number of hydrogen-bond donors (Lipinski definition) is 3. The Labute approximate surface area is 206 Å². The number of benzene rings is 2. The van der Waals surface area contributed by atoms with Crippen molar-refractivity contribution in [2.45, 2.75) is 37.8 Å². The predicted molar refractivity (Wildman–Crippen MR) is 130 cm³/mol. The number of aromatic nitrogens is 1. The zero-order valence-corrected chi connectivity index (χ0v) is 19.7. The SMILES string of the molecule is O=C(O)CC(NC(=O)c1cnc(CNC(=O)OCC2c3ccccc3-c3ccccc32)s1)C1CC1. The Morgan fingerprint density at radius 3 is 2.34 bits per heavy atom. The Kier molecular flexibility index (Phi) is 6.50. The zero-order chi connectivity index (χ0) is 24.4. The fourth-order valence-electron chi connectivity index (χ4n) is 4.56. The van der Waals surface area contributed by atoms with Crippen molar-refractivity contribution in [3.63, 3.8) is 0 Å². The van der Waals surface area contributed by atoms with E-state index in [4.69, 9.17) is 9.84 Å². The number of carboxylic acid groups (broad SMARTS) is 1. The molecule has 1 saturated carbocycles. The topological polar surface area (TPSA) is 118 Å². The molecule has 1 atom stereocenters. The van der Waals surface area contributed by atoms with Gasteiger partial charge in [0.1, 0.15) is 16.5 Å². The zero-order valence-electron chi connectivity index (χ0n) is 18.9. The molecule has 9 heteroatoms. The molecule has 2 amide bonds. The first-order chi connectivity index (χ1) is 17.0. The van der Waals surface area contributed by atoms with Crippen LogP contribution in [-0.2, 0) is 16.1 Å². The van der Waals surface area contributed by atoms with Crippen LogP contribution in [0.2, 0.25) is 0 Å². The van der Waals surface area contributed by atoms with Gasteiger partial charge in [-0.1, -0.05) is 48.5 Å². The van der Waals surface area contributed by atoms with Crippen molar-refractivity contribution >= 4 is 29.3 Å². The van der Waals surface area contributed by atoms with Crippen LogP contribution in [0.1, 0.15) is 51.0 Å². The van der Waals surface area contributed by atoms with Gasteiger partial charge in [0, 0.05) is 12.0 Å². The maximum absolute atomic E-state index is 12.5. The van der Waals surface area contributed by atoms with E-state index in [1.807, 2.05) is 24.3 Å². The minimum atomic E-state index is -0.931. The van der Waals surface area contributed by atoms with Crippen molar-refractivity contribution in [2.24, 2.45) is 5.92 Å². The smallest absolute Gasteiger partial charge is 0.407 e. The van der Waals surface area contributed by atoms with Crippen LogP contribution in [0.4, 0.5) is 4.79 Å². The summed E-state index contributed by atoms with van der Waals surface area (Å²) >= 11 is 1.16. The van der Waals surface area contributed by atoms with Crippen LogP contribution in [0, 0.1) is 5.92 Å². The molecule has 0 bridgehead atoms. The van der Waals surface area contributed by atoms with Crippen LogP contribution in [0.3, 0.4) is 0 Å². The number of alkyl carbamates (subject to hydrolysis) is 1. The van der Waals surface area contributed by atoms with E-state index in [1.165, 1.54) is 6.20 Å². The highest BCUT2D eigenvalue weighted by molar-refractivity contribution is 7.13. The molecule has 2 aromatic carbocycles. The molecule has 1 heterocycles. The number of fused-ring (bicyclic) bond motifs is 3. The van der Waals surface area contributed by atoms with Crippen LogP contribution in [0.5, 0.6) is 0 Å². The molecule has 2 aliphatic rings. The highest BCUT2D eigenvalue weighted by Gasteiger charge is 2.34. The van der Waals surface area contributed by atoms with Crippen molar-refractivity contribution in [3.05, 3.63) is 75.7 Å². The summed E-state index contributed by atoms with van der Waals surface area (Å²) in [5, 5.41) is 15.1. The van der Waals surface area contributed by atoms with Crippen molar-refractivity contribution in [3.8, 4) is 11.1 Å². The lowest BCUT2D eigenvalue weighted by Gasteiger charge is -2.15. The highest BCUT2D eigenvalue weighted by Crippen LogP contribution is 2.44. The Balaban J connectivity index is 1.13. The Hall–Kier alpha value is -3.72. The fraction of sp³-hybridized carbons (Fsp3) is 0.308. The lowest BCUT2D eigenvalue weighted by Crippen LogP contribution is -2.37. The van der Waals surface area contributed by atoms with Gasteiger partial charge in [-0.2, -0.15) is 0 Å². The largest absolute Gasteiger partial charge is 0.481 e. The highest BCUT2D eigenvalue weighted by atomic mass is 32.1. The molecular weight excluding hydrogens is 466 g/mol. The number of nitrogens with zero attached hydrogens (tertiary/aromatic N) is 1. The Morgan fingerprint density at radius 1 is 1.06 bits per heavy atom. The maximum atomic E-state index is 12.5. The molecule has 0 spiro atoms. The number of carboxylic acids is 1. The molecule has 2 aliphatic carbocycles. The molecule has 0 aliphatic heterocycles. The summed E-state index contributed by atoms with van der Waals surface area (Å²) in [7, 11) is 0. The van der Waals surface area contributed by atoms with Crippen LogP contribution < -0.4 is 10.6 Å². The number of carbonyl (C=O) groups excluding carboxylic acids is 2. The van der Waals surface area contributed by atoms with E-state index in [0.717, 1.165) is 46.4 Å². The van der Waals surface area contributed by atoms with Crippen molar-refractivity contribution in [1.29, 1.82) is 0 Å². The summed E-state index contributed by atoms with van der Waals surface area (Å²) in [5.74, 6) is -1.07. The number of hydrogen-bond acceptors (Lipinski definition) is 6. The lowest BCUT2D eigenvalue weighted by molar-refractivity contribution is -0.137. The van der Waals surface area contributed by atoms with E-state index < -0.39 is 12.1 Å². The molecule has 0 saturated heterocycles. The van der Waals surface area contributed by atoms with Crippen molar-refractivity contribution in [1.82, 2.24) is 15.6 Å². The van der Waals surface area contributed by atoms with Gasteiger partial charge >= 0.3 is 12.1 Å². The first-order valence-electron chi connectivity index (χ1n) is 11.6. The number of amides is 2. The quantitative estimate of drug-likeness (QED) is 0.414. The molecule has 5 rings (SSSR count). The molecular formula is C26H25N3O5S. The molecule has 180 valence electrons. The molecule has 35 heavy (non-hydrogen) atoms. The van der Waals surface area contributed by atoms with Gasteiger partial charge in [0.05, 0.1) is 19.2 Å². The van der Waals surface area contributed by atoms with Gasteiger partial charge in [-0.3, -0.25) is 9.59 Å². The van der Waals surface area contributed by atoms with Gasteiger partial charge in [0.25, 0.3) is 5.91 Å². The summed E-state index contributed by atoms with van der Waals surface area (Å²) in [4.78, 5) is 40.5. The van der Waals surface area contributed by atoms with E-state index in [9.17, 15) is 14.4 Å². The molecule has 1 aromatic heterocycles. The van der Waals surface area contributed by atoms with Gasteiger partial charge in [-0.15, -0.1) is 11.3 Å². The molecule has 0 radical (unpaired) electrons. The summed E-state index contributed by atoms with van der Waals surface area (Å²) in [6.07, 6.45) is 2.65. The third-order valence-corrected chi connectivity index (χ3v) is 7.40. The van der Waals surface area contributed by atoms with Crippen LogP contribution in [0.25, 0.3) is 11.1 Å². The number of aliphatic carboxylic acids is 1. The van der Waals surface area contributed by atoms with E-state index >= 15 is 0 Å². The number of nitrogens with one attached hydrogen (secondary N) is 2. The monoisotopic (exact) mass is 491 g/mol. The number of thiazole rings is 1. The molecule has 8 nitrogen and oxygen atoms in total. The van der Waals surface area contributed by atoms with Gasteiger partial charge in [0.15, 0.2) is 0 Å². The van der Waals surface area contributed by atoms with Crippen LogP contribution >= 0.6 is 11.3 Å². The fourth-order valence-corrected chi connectivity index (χ4v) is 5.32. The molecule has 3 N–H and O–H groups in total. The Bertz CT molecular complexity index is 1220. The summed E-state index contributed by atoms with van der Waals surface area (Å²) in [6, 6.07) is 15.9. The lowest BCUT2D eigenvalue weighted by atomic mass is 9.98. The third-order valence-electron chi connectivity index (χ3n) is 6.41. The average Bonchev–Trinajstić information content (AvgIpc) is 3.51. The molecule has 1 unspecified atom stereocenters. The summed E-state index contributed by atoms with van der Waals surface area (Å²) in [5.41, 5.74) is 4.62. The van der Waals surface area contributed by atoms with Gasteiger partial charge in [0.2, 0.25) is 0 Å². The van der Waals surface area contributed by atoms with Gasteiger partial charge in [-0.05, 0) is 41.0 Å². The third kappa shape index (κ3) is 5.19. The second kappa shape index (κ2) is 9.87. The van der Waals surface area contributed by atoms with Crippen LogP contribution in [0.15, 0.2) is 54.7 Å². The Morgan fingerprint density at radius 2 is 1.71 bits per heavy atom. The first-order valence-corrected chi connectivity index (χ1v) is 12.4. The molecule has 3 aromatic rings. The van der Waals surface area contributed by atoms with E-state index in [1.54, 1.807) is 0 Å². The van der Waals surface area contributed by atoms with Crippen molar-refractivity contribution in [2.75, 3.05) is 6.61 Å². The predicted octanol–water partition coefficient (Wildman–Crippen LogP) is 4.16. The van der Waals surface area contributed by atoms with Gasteiger partial charge < -0.3 is 20.5 Å². The first kappa shape index (κ1) is 23.0. The minimum absolute atomic E-state index is 0.0199. The normalized spacial score (nSPS) is 15.1. The van der Waals surface area contributed by atoms with E-state index in [2.05, 4.69) is 39.9 Å². The van der Waals surface area contributed by atoms with Gasteiger partial charge in [-0.25, -0.2) is 9.78 Å². The minimum Gasteiger partial charge on any atom is -0.481 e. The van der Waals surface area contributed by atoms with Crippen LogP contribution in [-0.4, -0.2) is 40.7 Å². The number of ether oxygens (including phenoxy) is 1. The number of carbonyl (C=O) groups is 3. The van der Waals surface area contributed by atoms with Crippen molar-refractivity contribution < 1.29 is 24.2 Å². The van der Waals surface area contributed by atoms with E-state index in [0.29, 0.717) is 9.88 Å². The van der Waals surface area contributed by atoms with E-state index in [-0.39, 0.29) is 43.4 Å². The number of rotatable bonds is 9. The maximum Gasteiger partial charge on any atom is 0.407 e. The molecule has 1 fully saturated rings. The summed E-state index contributed by atoms with van der Waals surface area (Å²) < 4.78 is 5.53. The average molecular weight is 492 g/mol. The standard InChI is InChI=1S/C26H25N3O5S/c30-24(31)11-21(15-9-10-15)29-25(32)22-12-27-23(35-22)13-28-26(33)34-14-20-18-7-3-1-5-16(18)17-6-2-4-8-19(17)20/h1-8,12,15,20-21H,9-11,13-14H2,(H,28,33)(H,29,32)(H,30,31).